The van der Waals surface area contributed by atoms with Gasteiger partial charge in [-0.3, -0.25) is 13.9 Å². The number of piperidine rings is 1. The van der Waals surface area contributed by atoms with Gasteiger partial charge in [0.1, 0.15) is 0 Å². The number of hydrogen-bond acceptors (Lipinski definition) is 4. The average Bonchev–Trinajstić information content (AvgIpc) is 3.13. The summed E-state index contributed by atoms with van der Waals surface area (Å²) in [6.45, 7) is 1.62. The van der Waals surface area contributed by atoms with Crippen molar-refractivity contribution in [3.05, 3.63) is 65.7 Å². The van der Waals surface area contributed by atoms with Crippen LogP contribution in [0.2, 0.25) is 0 Å². The molecule has 0 spiro atoms. The lowest BCUT2D eigenvalue weighted by atomic mass is 10.0. The minimum absolute atomic E-state index is 0.0458. The first-order valence-corrected chi connectivity index (χ1v) is 11.8. The first-order chi connectivity index (χ1) is 14.4. The van der Waals surface area contributed by atoms with Crippen molar-refractivity contribution in [3.8, 4) is 0 Å². The number of sulfonamides is 1. The second kappa shape index (κ2) is 8.47. The molecule has 2 aromatic rings. The third kappa shape index (κ3) is 4.33. The minimum atomic E-state index is -3.23. The normalized spacial score (nSPS) is 18.9. The summed E-state index contributed by atoms with van der Waals surface area (Å²) in [7, 11) is -3.23. The lowest BCUT2D eigenvalue weighted by Gasteiger charge is -2.32. The molecule has 0 bridgehead atoms. The Morgan fingerprint density at radius 3 is 2.13 bits per heavy atom. The van der Waals surface area contributed by atoms with Gasteiger partial charge in [0, 0.05) is 36.8 Å². The van der Waals surface area contributed by atoms with Crippen molar-refractivity contribution >= 4 is 27.5 Å². The maximum Gasteiger partial charge on any atom is 0.253 e. The number of rotatable bonds is 4. The zero-order valence-electron chi connectivity index (χ0n) is 16.7. The molecule has 8 heteroatoms. The molecule has 2 aliphatic rings. The molecular formula is C22H25N3O4S. The summed E-state index contributed by atoms with van der Waals surface area (Å²) < 4.78 is 25.5. The van der Waals surface area contributed by atoms with Crippen molar-refractivity contribution in [1.29, 1.82) is 0 Å². The highest BCUT2D eigenvalue weighted by molar-refractivity contribution is 7.93. The van der Waals surface area contributed by atoms with Crippen LogP contribution in [0.15, 0.2) is 54.6 Å². The second-order valence-corrected chi connectivity index (χ2v) is 9.71. The van der Waals surface area contributed by atoms with Gasteiger partial charge in [-0.15, -0.1) is 0 Å². The lowest BCUT2D eigenvalue weighted by molar-refractivity contribution is 0.0698. The first-order valence-electron chi connectivity index (χ1n) is 10.2. The Bertz CT molecular complexity index is 1010. The number of nitrogens with one attached hydrogen (secondary N) is 1. The van der Waals surface area contributed by atoms with Crippen LogP contribution in [0.25, 0.3) is 0 Å². The second-order valence-electron chi connectivity index (χ2n) is 7.69. The van der Waals surface area contributed by atoms with E-state index in [0.717, 1.165) is 0 Å². The molecule has 4 rings (SSSR count). The SMILES string of the molecule is O=C(NC1CCN(C(=O)c2ccc(N3CCCS3(=O)=O)cc2)CC1)c1ccccc1. The fourth-order valence-corrected chi connectivity index (χ4v) is 5.53. The van der Waals surface area contributed by atoms with Crippen molar-refractivity contribution in [2.45, 2.75) is 25.3 Å². The van der Waals surface area contributed by atoms with E-state index in [9.17, 15) is 18.0 Å². The molecule has 1 N–H and O–H groups in total. The van der Waals surface area contributed by atoms with Crippen molar-refractivity contribution in [2.24, 2.45) is 0 Å². The topological polar surface area (TPSA) is 86.8 Å². The standard InChI is InChI=1S/C22H25N3O4S/c26-21(17-5-2-1-3-6-17)23-19-11-14-24(15-12-19)22(27)18-7-9-20(10-8-18)25-13-4-16-30(25,28)29/h1-3,5-10,19H,4,11-16H2,(H,23,26). The fraction of sp³-hybridized carbons (Fsp3) is 0.364. The summed E-state index contributed by atoms with van der Waals surface area (Å²) in [5.41, 5.74) is 1.78. The number of anilines is 1. The van der Waals surface area contributed by atoms with Gasteiger partial charge in [-0.25, -0.2) is 8.42 Å². The molecule has 0 unspecified atom stereocenters. The predicted molar refractivity (Wildman–Crippen MR) is 115 cm³/mol. The largest absolute Gasteiger partial charge is 0.349 e. The number of carbonyl (C=O) groups excluding carboxylic acids is 2. The molecule has 0 atom stereocenters. The highest BCUT2D eigenvalue weighted by Crippen LogP contribution is 2.25. The molecule has 0 radical (unpaired) electrons. The van der Waals surface area contributed by atoms with Crippen molar-refractivity contribution in [1.82, 2.24) is 10.2 Å². The molecular weight excluding hydrogens is 402 g/mol. The summed E-state index contributed by atoms with van der Waals surface area (Å²) >= 11 is 0. The van der Waals surface area contributed by atoms with E-state index in [0.29, 0.717) is 55.7 Å². The van der Waals surface area contributed by atoms with Crippen molar-refractivity contribution < 1.29 is 18.0 Å². The number of hydrogen-bond donors (Lipinski definition) is 1. The van der Waals surface area contributed by atoms with Crippen LogP contribution < -0.4 is 9.62 Å². The molecule has 2 fully saturated rings. The zero-order valence-corrected chi connectivity index (χ0v) is 17.5. The minimum Gasteiger partial charge on any atom is -0.349 e. The van der Waals surface area contributed by atoms with E-state index in [-0.39, 0.29) is 23.6 Å². The number of likely N-dealkylation sites (tertiary alicyclic amines) is 1. The van der Waals surface area contributed by atoms with Crippen LogP contribution in [0, 0.1) is 0 Å². The van der Waals surface area contributed by atoms with Gasteiger partial charge in [0.25, 0.3) is 11.8 Å². The smallest absolute Gasteiger partial charge is 0.253 e. The van der Waals surface area contributed by atoms with E-state index in [4.69, 9.17) is 0 Å². The number of carbonyl (C=O) groups is 2. The molecule has 158 valence electrons. The Morgan fingerprint density at radius 2 is 1.53 bits per heavy atom. The molecule has 0 saturated carbocycles. The molecule has 2 aliphatic heterocycles. The number of amides is 2. The average molecular weight is 428 g/mol. The summed E-state index contributed by atoms with van der Waals surface area (Å²) in [5, 5.41) is 3.04. The Hall–Kier alpha value is -2.87. The van der Waals surface area contributed by atoms with Crippen LogP contribution in [0.5, 0.6) is 0 Å². The molecule has 2 amide bonds. The van der Waals surface area contributed by atoms with Gasteiger partial charge in [0.2, 0.25) is 10.0 Å². The van der Waals surface area contributed by atoms with E-state index in [1.54, 1.807) is 41.3 Å². The van der Waals surface area contributed by atoms with E-state index in [2.05, 4.69) is 5.32 Å². The zero-order chi connectivity index (χ0) is 21.1. The molecule has 2 saturated heterocycles. The maximum atomic E-state index is 12.8. The van der Waals surface area contributed by atoms with Crippen LogP contribution in [0.4, 0.5) is 5.69 Å². The van der Waals surface area contributed by atoms with Crippen LogP contribution in [-0.4, -0.2) is 56.6 Å². The summed E-state index contributed by atoms with van der Waals surface area (Å²) in [6.07, 6.45) is 2.03. The van der Waals surface area contributed by atoms with Gasteiger partial charge < -0.3 is 10.2 Å². The van der Waals surface area contributed by atoms with Gasteiger partial charge >= 0.3 is 0 Å². The number of nitrogens with zero attached hydrogens (tertiary/aromatic N) is 2. The Labute approximate surface area is 176 Å². The maximum absolute atomic E-state index is 12.8. The van der Waals surface area contributed by atoms with Crippen LogP contribution >= 0.6 is 0 Å². The Morgan fingerprint density at radius 1 is 0.867 bits per heavy atom. The van der Waals surface area contributed by atoms with Gasteiger partial charge in [0.05, 0.1) is 11.4 Å². The molecule has 30 heavy (non-hydrogen) atoms. The lowest BCUT2D eigenvalue weighted by Crippen LogP contribution is -2.46. The van der Waals surface area contributed by atoms with Gasteiger partial charge in [0.15, 0.2) is 0 Å². The first kappa shape index (κ1) is 20.4. The molecule has 2 aromatic carbocycles. The van der Waals surface area contributed by atoms with E-state index in [1.165, 1.54) is 4.31 Å². The van der Waals surface area contributed by atoms with E-state index >= 15 is 0 Å². The molecule has 0 aliphatic carbocycles. The molecule has 7 nitrogen and oxygen atoms in total. The third-order valence-corrected chi connectivity index (χ3v) is 7.52. The quantitative estimate of drug-likeness (QED) is 0.811. The highest BCUT2D eigenvalue weighted by atomic mass is 32.2. The van der Waals surface area contributed by atoms with Crippen molar-refractivity contribution in [2.75, 3.05) is 29.7 Å². The predicted octanol–water partition coefficient (Wildman–Crippen LogP) is 2.26. The third-order valence-electron chi connectivity index (χ3n) is 5.65. The van der Waals surface area contributed by atoms with Gasteiger partial charge in [-0.2, -0.15) is 0 Å². The van der Waals surface area contributed by atoms with Crippen LogP contribution in [0.1, 0.15) is 40.0 Å². The molecule has 2 heterocycles. The number of benzene rings is 2. The fourth-order valence-electron chi connectivity index (χ4n) is 3.97. The van der Waals surface area contributed by atoms with E-state index in [1.807, 2.05) is 18.2 Å². The van der Waals surface area contributed by atoms with Crippen LogP contribution in [0.3, 0.4) is 0 Å². The van der Waals surface area contributed by atoms with E-state index < -0.39 is 10.0 Å². The highest BCUT2D eigenvalue weighted by Gasteiger charge is 2.29. The summed E-state index contributed by atoms with van der Waals surface area (Å²) in [4.78, 5) is 26.9. The Kier molecular flexibility index (Phi) is 5.76. The Balaban J connectivity index is 1.32. The van der Waals surface area contributed by atoms with Crippen LogP contribution in [-0.2, 0) is 10.0 Å². The van der Waals surface area contributed by atoms with Gasteiger partial charge in [-0.1, -0.05) is 18.2 Å². The van der Waals surface area contributed by atoms with Crippen molar-refractivity contribution in [3.63, 3.8) is 0 Å². The van der Waals surface area contributed by atoms with Gasteiger partial charge in [-0.05, 0) is 55.7 Å². The summed E-state index contributed by atoms with van der Waals surface area (Å²) in [5.74, 6) is 0.00942. The molecule has 0 aromatic heterocycles. The summed E-state index contributed by atoms with van der Waals surface area (Å²) in [6, 6.07) is 15.9. The monoisotopic (exact) mass is 427 g/mol.